The molecular weight excluding hydrogens is 538 g/mol. The van der Waals surface area contributed by atoms with Gasteiger partial charge in [0, 0.05) is 5.69 Å². The third-order valence-corrected chi connectivity index (χ3v) is 6.80. The second-order valence-corrected chi connectivity index (χ2v) is 9.59. The van der Waals surface area contributed by atoms with Gasteiger partial charge in [0.2, 0.25) is 0 Å². The number of thioether (sulfide) groups is 1. The highest BCUT2D eigenvalue weighted by atomic mass is 127. The van der Waals surface area contributed by atoms with Crippen LogP contribution >= 0.6 is 34.4 Å². The maximum absolute atomic E-state index is 13.3. The summed E-state index contributed by atoms with van der Waals surface area (Å²) in [6.07, 6.45) is 2.87. The highest BCUT2D eigenvalue weighted by Gasteiger charge is 2.27. The van der Waals surface area contributed by atoms with Gasteiger partial charge in [-0.05, 0) is 88.2 Å². The van der Waals surface area contributed by atoms with Gasteiger partial charge in [0.15, 0.2) is 5.50 Å². The summed E-state index contributed by atoms with van der Waals surface area (Å²) in [6, 6.07) is 20.3. The van der Waals surface area contributed by atoms with Gasteiger partial charge in [-0.1, -0.05) is 49.0 Å². The predicted octanol–water partition coefficient (Wildman–Crippen LogP) is 6.17. The third-order valence-electron chi connectivity index (χ3n) is 4.93. The van der Waals surface area contributed by atoms with Gasteiger partial charge in [0.1, 0.15) is 18.2 Å². The van der Waals surface area contributed by atoms with Crippen LogP contribution in [0.2, 0.25) is 0 Å². The van der Waals surface area contributed by atoms with Crippen LogP contribution in [0.1, 0.15) is 23.6 Å². The zero-order chi connectivity index (χ0) is 22.5. The molecule has 3 aromatic carbocycles. The molecule has 3 aromatic rings. The monoisotopic (exact) mass is 560 g/mol. The fourth-order valence-electron chi connectivity index (χ4n) is 3.22. The van der Waals surface area contributed by atoms with Crippen LogP contribution in [-0.4, -0.2) is 11.4 Å². The van der Waals surface area contributed by atoms with E-state index in [1.165, 1.54) is 29.5 Å². The van der Waals surface area contributed by atoms with E-state index in [0.29, 0.717) is 11.5 Å². The van der Waals surface area contributed by atoms with Crippen molar-refractivity contribution in [1.82, 2.24) is 5.32 Å². The van der Waals surface area contributed by atoms with Crippen molar-refractivity contribution in [2.75, 3.05) is 5.32 Å². The number of aryl methyl sites for hydroxylation is 1. The van der Waals surface area contributed by atoms with E-state index in [2.05, 4.69) is 52.3 Å². The predicted molar refractivity (Wildman–Crippen MR) is 137 cm³/mol. The molecule has 32 heavy (non-hydrogen) atoms. The van der Waals surface area contributed by atoms with E-state index in [1.807, 2.05) is 42.5 Å². The highest BCUT2D eigenvalue weighted by molar-refractivity contribution is 14.1. The summed E-state index contributed by atoms with van der Waals surface area (Å²) in [4.78, 5) is 13.1. The minimum atomic E-state index is -0.277. The third kappa shape index (κ3) is 5.83. The standard InChI is InChI=1S/C25H22FIN2O2S/c1-2-16-6-9-20(10-7-16)28-25-29-24(30)23(32-25)14-17-8-11-22(21(27)13-17)31-15-18-4-3-5-19(26)12-18/h3-14,25,28H,2,15H2,1H3,(H,29,30)/b23-14-/t25-/m1/s1. The number of benzene rings is 3. The van der Waals surface area contributed by atoms with Gasteiger partial charge in [0.25, 0.3) is 5.91 Å². The van der Waals surface area contributed by atoms with Gasteiger partial charge in [0.05, 0.1) is 8.48 Å². The molecule has 164 valence electrons. The van der Waals surface area contributed by atoms with Gasteiger partial charge in [-0.15, -0.1) is 0 Å². The first-order chi connectivity index (χ1) is 15.5. The van der Waals surface area contributed by atoms with Crippen molar-refractivity contribution in [3.63, 3.8) is 0 Å². The van der Waals surface area contributed by atoms with Gasteiger partial charge in [-0.3, -0.25) is 4.79 Å². The number of anilines is 1. The summed E-state index contributed by atoms with van der Waals surface area (Å²) in [6.45, 7) is 2.41. The van der Waals surface area contributed by atoms with Crippen LogP contribution in [0, 0.1) is 9.39 Å². The molecule has 7 heteroatoms. The van der Waals surface area contributed by atoms with Crippen molar-refractivity contribution in [3.8, 4) is 5.75 Å². The Bertz CT molecular complexity index is 1150. The van der Waals surface area contributed by atoms with E-state index in [1.54, 1.807) is 6.07 Å². The highest BCUT2D eigenvalue weighted by Crippen LogP contribution is 2.31. The zero-order valence-electron chi connectivity index (χ0n) is 17.4. The average molecular weight is 560 g/mol. The molecule has 4 nitrogen and oxygen atoms in total. The second kappa shape index (κ2) is 10.4. The SMILES string of the molecule is CCc1ccc(N[C@@H]2NC(=O)/C(=C/c3ccc(OCc4cccc(F)c4)c(I)c3)S2)cc1. The Labute approximate surface area is 204 Å². The fraction of sp³-hybridized carbons (Fsp3) is 0.160. The minimum Gasteiger partial charge on any atom is -0.488 e. The molecule has 1 aliphatic heterocycles. The van der Waals surface area contributed by atoms with Crippen LogP contribution in [-0.2, 0) is 17.8 Å². The Balaban J connectivity index is 1.39. The van der Waals surface area contributed by atoms with Crippen LogP contribution < -0.4 is 15.4 Å². The van der Waals surface area contributed by atoms with Crippen LogP contribution in [0.15, 0.2) is 71.6 Å². The van der Waals surface area contributed by atoms with E-state index >= 15 is 0 Å². The average Bonchev–Trinajstić information content (AvgIpc) is 3.12. The van der Waals surface area contributed by atoms with E-state index < -0.39 is 0 Å². The lowest BCUT2D eigenvalue weighted by atomic mass is 10.1. The van der Waals surface area contributed by atoms with Gasteiger partial charge in [-0.2, -0.15) is 0 Å². The van der Waals surface area contributed by atoms with Crippen LogP contribution in [0.3, 0.4) is 0 Å². The number of hydrogen-bond acceptors (Lipinski definition) is 4. The largest absolute Gasteiger partial charge is 0.488 e. The van der Waals surface area contributed by atoms with Crippen LogP contribution in [0.5, 0.6) is 5.75 Å². The molecule has 0 unspecified atom stereocenters. The molecule has 1 heterocycles. The Hall–Kier alpha value is -2.52. The molecule has 1 fully saturated rings. The number of carbonyl (C=O) groups is 1. The summed E-state index contributed by atoms with van der Waals surface area (Å²) in [7, 11) is 0. The number of carbonyl (C=O) groups excluding carboxylic acids is 1. The van der Waals surface area contributed by atoms with E-state index in [-0.39, 0.29) is 17.2 Å². The molecule has 1 amide bonds. The van der Waals surface area contributed by atoms with Crippen molar-refractivity contribution in [1.29, 1.82) is 0 Å². The summed E-state index contributed by atoms with van der Waals surface area (Å²) in [5.41, 5.74) is 3.72. The molecule has 0 saturated carbocycles. The molecule has 0 aromatic heterocycles. The molecule has 0 bridgehead atoms. The number of rotatable bonds is 7. The van der Waals surface area contributed by atoms with Crippen LogP contribution in [0.25, 0.3) is 6.08 Å². The maximum atomic E-state index is 13.3. The topological polar surface area (TPSA) is 50.4 Å². The molecule has 1 atom stereocenters. The maximum Gasteiger partial charge on any atom is 0.260 e. The minimum absolute atomic E-state index is 0.0980. The lowest BCUT2D eigenvalue weighted by Gasteiger charge is -2.12. The first-order valence-corrected chi connectivity index (χ1v) is 12.2. The lowest BCUT2D eigenvalue weighted by molar-refractivity contribution is -0.116. The fourth-order valence-corrected chi connectivity index (χ4v) is 4.90. The van der Waals surface area contributed by atoms with Gasteiger partial charge < -0.3 is 15.4 Å². The van der Waals surface area contributed by atoms with Crippen molar-refractivity contribution in [2.45, 2.75) is 25.4 Å². The number of ether oxygens (including phenoxy) is 1. The normalized spacial score (nSPS) is 16.8. The van der Waals surface area contributed by atoms with Crippen molar-refractivity contribution in [3.05, 3.63) is 97.7 Å². The Kier molecular flexibility index (Phi) is 7.36. The van der Waals surface area contributed by atoms with E-state index in [4.69, 9.17) is 4.74 Å². The summed E-state index contributed by atoms with van der Waals surface area (Å²) in [5.74, 6) is 0.343. The zero-order valence-corrected chi connectivity index (χ0v) is 20.4. The smallest absolute Gasteiger partial charge is 0.260 e. The van der Waals surface area contributed by atoms with Gasteiger partial charge >= 0.3 is 0 Å². The molecule has 1 saturated heterocycles. The molecule has 0 radical (unpaired) electrons. The molecule has 2 N–H and O–H groups in total. The Morgan fingerprint density at radius 2 is 1.94 bits per heavy atom. The van der Waals surface area contributed by atoms with Crippen molar-refractivity contribution < 1.29 is 13.9 Å². The Morgan fingerprint density at radius 1 is 1.12 bits per heavy atom. The lowest BCUT2D eigenvalue weighted by Crippen LogP contribution is -2.30. The molecule has 4 rings (SSSR count). The quantitative estimate of drug-likeness (QED) is 0.268. The first kappa shape index (κ1) is 22.7. The van der Waals surface area contributed by atoms with Crippen molar-refractivity contribution >= 4 is 52.0 Å². The Morgan fingerprint density at radius 3 is 2.66 bits per heavy atom. The van der Waals surface area contributed by atoms with E-state index in [9.17, 15) is 9.18 Å². The van der Waals surface area contributed by atoms with E-state index in [0.717, 1.165) is 32.6 Å². The van der Waals surface area contributed by atoms with Crippen LogP contribution in [0.4, 0.5) is 10.1 Å². The molecular formula is C25H22FIN2O2S. The summed E-state index contributed by atoms with van der Waals surface area (Å²) in [5, 5.41) is 6.29. The number of hydrogen-bond donors (Lipinski definition) is 2. The second-order valence-electron chi connectivity index (χ2n) is 7.28. The molecule has 0 aliphatic carbocycles. The molecule has 0 spiro atoms. The first-order valence-electron chi connectivity index (χ1n) is 10.2. The van der Waals surface area contributed by atoms with Crippen molar-refractivity contribution in [2.24, 2.45) is 0 Å². The summed E-state index contributed by atoms with van der Waals surface area (Å²) >= 11 is 3.66. The number of amides is 1. The summed E-state index contributed by atoms with van der Waals surface area (Å²) < 4.78 is 20.1. The van der Waals surface area contributed by atoms with Gasteiger partial charge in [-0.25, -0.2) is 4.39 Å². The number of halogens is 2. The molecule has 1 aliphatic rings. The number of nitrogens with one attached hydrogen (secondary N) is 2.